The largest absolute Gasteiger partial charge is 0.348 e. The van der Waals surface area contributed by atoms with E-state index in [-0.39, 0.29) is 29.8 Å². The Balaban J connectivity index is 1.57. The molecule has 1 aliphatic carbocycles. The highest BCUT2D eigenvalue weighted by molar-refractivity contribution is 6.03. The molecule has 0 spiro atoms. The van der Waals surface area contributed by atoms with E-state index < -0.39 is 0 Å². The van der Waals surface area contributed by atoms with Gasteiger partial charge >= 0.3 is 6.03 Å². The first-order valence-corrected chi connectivity index (χ1v) is 9.65. The number of benzene rings is 1. The number of hydrogen-bond acceptors (Lipinski definition) is 3. The molecule has 7 nitrogen and oxygen atoms in total. The van der Waals surface area contributed by atoms with E-state index in [1.165, 1.54) is 12.1 Å². The van der Waals surface area contributed by atoms with Crippen LogP contribution >= 0.6 is 0 Å². The van der Waals surface area contributed by atoms with Gasteiger partial charge in [0.2, 0.25) is 0 Å². The van der Waals surface area contributed by atoms with Gasteiger partial charge in [0.1, 0.15) is 5.82 Å². The average Bonchev–Trinajstić information content (AvgIpc) is 3.39. The first-order valence-electron chi connectivity index (χ1n) is 9.65. The van der Waals surface area contributed by atoms with E-state index in [0.717, 1.165) is 38.8 Å². The van der Waals surface area contributed by atoms with Crippen molar-refractivity contribution in [1.29, 1.82) is 0 Å². The van der Waals surface area contributed by atoms with Gasteiger partial charge in [-0.25, -0.2) is 9.18 Å². The zero-order valence-electron chi connectivity index (χ0n) is 15.5. The lowest BCUT2D eigenvalue weighted by Gasteiger charge is -2.23. The smallest absolute Gasteiger partial charge is 0.319 e. The van der Waals surface area contributed by atoms with Crippen molar-refractivity contribution in [1.82, 2.24) is 20.5 Å². The third kappa shape index (κ3) is 4.51. The minimum atomic E-state index is -0.369. The lowest BCUT2D eigenvalue weighted by atomic mass is 10.1. The van der Waals surface area contributed by atoms with Crippen LogP contribution in [0.4, 0.5) is 14.9 Å². The summed E-state index contributed by atoms with van der Waals surface area (Å²) in [7, 11) is 0. The molecule has 1 unspecified atom stereocenters. The van der Waals surface area contributed by atoms with Gasteiger partial charge < -0.3 is 25.8 Å². The van der Waals surface area contributed by atoms with Gasteiger partial charge in [0.05, 0.1) is 11.3 Å². The molecule has 2 aliphatic rings. The molecular formula is C20H24FN5O2. The monoisotopic (exact) mass is 385 g/mol. The number of carbonyl (C=O) groups is 2. The molecule has 148 valence electrons. The molecule has 1 atom stereocenters. The molecular weight excluding hydrogens is 361 g/mol. The van der Waals surface area contributed by atoms with Crippen LogP contribution in [-0.2, 0) is 0 Å². The summed E-state index contributed by atoms with van der Waals surface area (Å²) in [6, 6.07) is 5.99. The Bertz CT molecular complexity index is 871. The molecule has 2 aromatic rings. The summed E-state index contributed by atoms with van der Waals surface area (Å²) in [5, 5.41) is 11.9. The van der Waals surface area contributed by atoms with Crippen LogP contribution < -0.4 is 21.3 Å². The molecule has 0 radical (unpaired) electrons. The predicted octanol–water partition coefficient (Wildman–Crippen LogP) is 2.38. The third-order valence-electron chi connectivity index (χ3n) is 4.97. The van der Waals surface area contributed by atoms with E-state index in [4.69, 9.17) is 0 Å². The quantitative estimate of drug-likeness (QED) is 0.637. The molecule has 28 heavy (non-hydrogen) atoms. The van der Waals surface area contributed by atoms with E-state index in [0.29, 0.717) is 16.9 Å². The Hall–Kier alpha value is -2.87. The lowest BCUT2D eigenvalue weighted by Crippen LogP contribution is -2.45. The summed E-state index contributed by atoms with van der Waals surface area (Å²) < 4.78 is 15.3. The molecule has 8 heteroatoms. The first kappa shape index (κ1) is 18.5. The van der Waals surface area contributed by atoms with Crippen molar-refractivity contribution in [3.63, 3.8) is 0 Å². The molecule has 4 rings (SSSR count). The number of nitrogens with one attached hydrogen (secondary N) is 4. The van der Waals surface area contributed by atoms with E-state index in [1.807, 2.05) is 0 Å². The standard InChI is InChI=1S/C20H24FN5O2/c21-13-3-1-5-16(9-13)26-11-17(19(27)23-15-4-2-8-22-10-15)18(12-26)25-20(28)24-14-6-7-14/h1,3,5,9,11-12,14-15,22H,2,4,6-8,10H2,(H,23,27)(H2,24,25,28). The molecule has 1 saturated heterocycles. The second-order valence-corrected chi connectivity index (χ2v) is 7.36. The van der Waals surface area contributed by atoms with Crippen LogP contribution in [0.25, 0.3) is 5.69 Å². The molecule has 4 N–H and O–H groups in total. The molecule has 2 fully saturated rings. The van der Waals surface area contributed by atoms with Crippen LogP contribution in [0.1, 0.15) is 36.0 Å². The first-order chi connectivity index (χ1) is 13.6. The minimum absolute atomic E-state index is 0.0481. The third-order valence-corrected chi connectivity index (χ3v) is 4.97. The Labute approximate surface area is 162 Å². The van der Waals surface area contributed by atoms with Gasteiger partial charge in [-0.1, -0.05) is 6.07 Å². The molecule has 1 saturated carbocycles. The van der Waals surface area contributed by atoms with Crippen molar-refractivity contribution in [2.45, 2.75) is 37.8 Å². The number of amides is 3. The maximum atomic E-state index is 13.6. The second kappa shape index (κ2) is 8.02. The van der Waals surface area contributed by atoms with Crippen molar-refractivity contribution >= 4 is 17.6 Å². The zero-order valence-corrected chi connectivity index (χ0v) is 15.5. The normalized spacial score (nSPS) is 19.1. The average molecular weight is 385 g/mol. The maximum absolute atomic E-state index is 13.6. The minimum Gasteiger partial charge on any atom is -0.348 e. The molecule has 2 heterocycles. The van der Waals surface area contributed by atoms with E-state index >= 15 is 0 Å². The fourth-order valence-electron chi connectivity index (χ4n) is 3.33. The molecule has 3 amide bonds. The van der Waals surface area contributed by atoms with Crippen molar-refractivity contribution in [2.24, 2.45) is 0 Å². The fourth-order valence-corrected chi connectivity index (χ4v) is 3.33. The van der Waals surface area contributed by atoms with E-state index in [2.05, 4.69) is 21.3 Å². The van der Waals surface area contributed by atoms with E-state index in [1.54, 1.807) is 29.1 Å². The number of piperidine rings is 1. The molecule has 1 aromatic heterocycles. The van der Waals surface area contributed by atoms with Gasteiger partial charge in [0.25, 0.3) is 5.91 Å². The number of rotatable bonds is 5. The summed E-state index contributed by atoms with van der Waals surface area (Å²) in [5.41, 5.74) is 1.31. The topological polar surface area (TPSA) is 87.2 Å². The van der Waals surface area contributed by atoms with Crippen molar-refractivity contribution < 1.29 is 14.0 Å². The summed E-state index contributed by atoms with van der Waals surface area (Å²) in [4.78, 5) is 25.1. The van der Waals surface area contributed by atoms with Gasteiger partial charge in [0.15, 0.2) is 0 Å². The van der Waals surface area contributed by atoms with Crippen LogP contribution in [0.5, 0.6) is 0 Å². The summed E-state index contributed by atoms with van der Waals surface area (Å²) >= 11 is 0. The molecule has 0 bridgehead atoms. The highest BCUT2D eigenvalue weighted by atomic mass is 19.1. The number of nitrogens with zero attached hydrogens (tertiary/aromatic N) is 1. The second-order valence-electron chi connectivity index (χ2n) is 7.36. The summed E-state index contributed by atoms with van der Waals surface area (Å²) in [6.45, 7) is 1.68. The number of anilines is 1. The summed E-state index contributed by atoms with van der Waals surface area (Å²) in [5.74, 6) is -0.628. The number of aromatic nitrogens is 1. The lowest BCUT2D eigenvalue weighted by molar-refractivity contribution is 0.0931. The number of halogens is 1. The van der Waals surface area contributed by atoms with Crippen LogP contribution in [0.2, 0.25) is 0 Å². The Kier molecular flexibility index (Phi) is 5.29. The predicted molar refractivity (Wildman–Crippen MR) is 104 cm³/mol. The van der Waals surface area contributed by atoms with Gasteiger partial charge in [-0.15, -0.1) is 0 Å². The Morgan fingerprint density at radius 2 is 1.96 bits per heavy atom. The Morgan fingerprint density at radius 1 is 1.11 bits per heavy atom. The van der Waals surface area contributed by atoms with Crippen LogP contribution in [0, 0.1) is 5.82 Å². The van der Waals surface area contributed by atoms with Gasteiger partial charge in [-0.3, -0.25) is 4.79 Å². The zero-order chi connectivity index (χ0) is 19.5. The van der Waals surface area contributed by atoms with Gasteiger partial charge in [0, 0.05) is 36.7 Å². The van der Waals surface area contributed by atoms with Gasteiger partial charge in [-0.05, 0) is 50.4 Å². The molecule has 1 aromatic carbocycles. The van der Waals surface area contributed by atoms with Crippen LogP contribution in [-0.4, -0.2) is 41.7 Å². The molecule has 1 aliphatic heterocycles. The highest BCUT2D eigenvalue weighted by Crippen LogP contribution is 2.23. The number of urea groups is 1. The number of hydrogen-bond donors (Lipinski definition) is 4. The fraction of sp³-hybridized carbons (Fsp3) is 0.400. The van der Waals surface area contributed by atoms with Gasteiger partial charge in [-0.2, -0.15) is 0 Å². The van der Waals surface area contributed by atoms with Crippen molar-refractivity contribution in [2.75, 3.05) is 18.4 Å². The van der Waals surface area contributed by atoms with Crippen molar-refractivity contribution in [3.8, 4) is 5.69 Å². The van der Waals surface area contributed by atoms with E-state index in [9.17, 15) is 14.0 Å². The van der Waals surface area contributed by atoms with Crippen molar-refractivity contribution in [3.05, 3.63) is 48.0 Å². The number of carbonyl (C=O) groups excluding carboxylic acids is 2. The van der Waals surface area contributed by atoms with Crippen LogP contribution in [0.15, 0.2) is 36.7 Å². The summed E-state index contributed by atoms with van der Waals surface area (Å²) in [6.07, 6.45) is 7.11. The van der Waals surface area contributed by atoms with Crippen LogP contribution in [0.3, 0.4) is 0 Å². The SMILES string of the molecule is O=C(Nc1cn(-c2cccc(F)c2)cc1C(=O)NC1CCCNC1)NC1CC1. The Morgan fingerprint density at radius 3 is 2.68 bits per heavy atom. The highest BCUT2D eigenvalue weighted by Gasteiger charge is 2.25. The maximum Gasteiger partial charge on any atom is 0.319 e.